The minimum Gasteiger partial charge on any atom is -0.274 e. The second kappa shape index (κ2) is 4.80. The molecule has 1 saturated heterocycles. The topological polar surface area (TPSA) is 61.2 Å². The molecule has 2 amide bonds. The van der Waals surface area contributed by atoms with Crippen molar-refractivity contribution in [3.63, 3.8) is 0 Å². The van der Waals surface area contributed by atoms with Crippen LogP contribution in [0.25, 0.3) is 0 Å². The van der Waals surface area contributed by atoms with Gasteiger partial charge in [-0.3, -0.25) is 9.59 Å². The third-order valence-electron chi connectivity index (χ3n) is 6.27. The average Bonchev–Trinajstić information content (AvgIpc) is 3.29. The zero-order valence-electron chi connectivity index (χ0n) is 13.5. The third kappa shape index (κ3) is 1.67. The number of allylic oxidation sites excluding steroid dienone is 2. The van der Waals surface area contributed by atoms with Crippen molar-refractivity contribution in [3.05, 3.63) is 28.2 Å². The highest BCUT2D eigenvalue weighted by Crippen LogP contribution is 2.54. The number of aryl methyl sites for hydroxylation is 1. The summed E-state index contributed by atoms with van der Waals surface area (Å²) in [5, 5.41) is 10.3. The van der Waals surface area contributed by atoms with Gasteiger partial charge in [-0.15, -0.1) is 11.3 Å². The van der Waals surface area contributed by atoms with Gasteiger partial charge in [0.2, 0.25) is 11.8 Å². The summed E-state index contributed by atoms with van der Waals surface area (Å²) in [7, 11) is 0. The van der Waals surface area contributed by atoms with E-state index in [1.807, 2.05) is 0 Å². The Morgan fingerprint density at radius 2 is 1.88 bits per heavy atom. The summed E-state index contributed by atoms with van der Waals surface area (Å²) in [5.74, 6) is 0.420. The minimum atomic E-state index is -0.197. The molecule has 3 aliphatic carbocycles. The molecule has 1 aromatic rings. The quantitative estimate of drug-likeness (QED) is 0.584. The van der Waals surface area contributed by atoms with Crippen LogP contribution in [-0.2, 0) is 22.4 Å². The van der Waals surface area contributed by atoms with Crippen molar-refractivity contribution < 1.29 is 9.59 Å². The number of hydrogen-bond donors (Lipinski definition) is 0. The van der Waals surface area contributed by atoms with Gasteiger partial charge in [0.05, 0.1) is 17.4 Å². The molecule has 5 atom stereocenters. The fourth-order valence-corrected chi connectivity index (χ4v) is 6.42. The van der Waals surface area contributed by atoms with Crippen LogP contribution in [0.15, 0.2) is 12.2 Å². The first kappa shape index (κ1) is 14.4. The lowest BCUT2D eigenvalue weighted by molar-refractivity contribution is -0.123. The molecule has 4 nitrogen and oxygen atoms in total. The molecule has 5 heteroatoms. The Bertz CT molecular complexity index is 816. The summed E-state index contributed by atoms with van der Waals surface area (Å²) in [6.45, 7) is 2.20. The van der Waals surface area contributed by atoms with Crippen LogP contribution >= 0.6 is 11.3 Å². The summed E-state index contributed by atoms with van der Waals surface area (Å²) in [4.78, 5) is 28.6. The van der Waals surface area contributed by atoms with Crippen LogP contribution in [0.3, 0.4) is 0 Å². The second-order valence-corrected chi connectivity index (χ2v) is 8.74. The standard InChI is InChI=1S/C19H18N2O2S/c1-9-2-5-14-12(6-9)13(8-20)19(24-14)21-17(22)15-10-3-4-11(7-10)16(15)18(21)23/h3-4,9-11,15-16H,2,5-7H2,1H3/t9-,10-,11-,15-,16+/m0/s1. The molecule has 24 heavy (non-hydrogen) atoms. The Hall–Kier alpha value is -1.93. The van der Waals surface area contributed by atoms with Crippen LogP contribution < -0.4 is 4.90 Å². The van der Waals surface area contributed by atoms with Crippen molar-refractivity contribution in [3.8, 4) is 6.07 Å². The summed E-state index contributed by atoms with van der Waals surface area (Å²) >= 11 is 1.50. The SMILES string of the molecule is C[C@H]1CCc2sc(N3C(=O)[C@@H]4[C@H](C3=O)[C@H]3C=C[C@H]4C3)c(C#N)c2C1. The summed E-state index contributed by atoms with van der Waals surface area (Å²) < 4.78 is 0. The van der Waals surface area contributed by atoms with E-state index in [1.54, 1.807) is 0 Å². The number of amides is 2. The van der Waals surface area contributed by atoms with Crippen molar-refractivity contribution in [2.45, 2.75) is 32.6 Å². The minimum absolute atomic E-state index is 0.0787. The molecule has 5 rings (SSSR count). The van der Waals surface area contributed by atoms with E-state index in [4.69, 9.17) is 0 Å². The number of imide groups is 1. The number of nitrogens with zero attached hydrogens (tertiary/aromatic N) is 2. The molecular formula is C19H18N2O2S. The van der Waals surface area contributed by atoms with Crippen molar-refractivity contribution in [1.29, 1.82) is 5.26 Å². The molecule has 2 heterocycles. The Labute approximate surface area is 144 Å². The maximum Gasteiger partial charge on any atom is 0.238 e. The highest BCUT2D eigenvalue weighted by Gasteiger charge is 2.60. The van der Waals surface area contributed by atoms with Gasteiger partial charge in [-0.05, 0) is 49.0 Å². The molecule has 1 aromatic heterocycles. The van der Waals surface area contributed by atoms with Crippen molar-refractivity contribution in [2.24, 2.45) is 29.6 Å². The highest BCUT2D eigenvalue weighted by atomic mass is 32.1. The number of thiophene rings is 1. The fourth-order valence-electron chi connectivity index (χ4n) is 5.12. The van der Waals surface area contributed by atoms with Crippen molar-refractivity contribution in [1.82, 2.24) is 0 Å². The predicted octanol–water partition coefficient (Wildman–Crippen LogP) is 3.06. The number of hydrogen-bond acceptors (Lipinski definition) is 4. The van der Waals surface area contributed by atoms with Crippen molar-refractivity contribution in [2.75, 3.05) is 4.90 Å². The Balaban J connectivity index is 1.60. The van der Waals surface area contributed by atoms with Crippen LogP contribution in [0.5, 0.6) is 0 Å². The van der Waals surface area contributed by atoms with E-state index in [0.29, 0.717) is 16.5 Å². The normalized spacial score (nSPS) is 36.2. The maximum absolute atomic E-state index is 13.0. The number of anilines is 1. The first-order valence-electron chi connectivity index (χ1n) is 8.71. The van der Waals surface area contributed by atoms with Crippen LogP contribution in [0, 0.1) is 40.9 Å². The third-order valence-corrected chi connectivity index (χ3v) is 7.55. The van der Waals surface area contributed by atoms with Crippen LogP contribution in [0.4, 0.5) is 5.00 Å². The lowest BCUT2D eigenvalue weighted by Gasteiger charge is -2.18. The Kier molecular flexibility index (Phi) is 2.88. The molecule has 1 saturated carbocycles. The fraction of sp³-hybridized carbons (Fsp3) is 0.526. The molecule has 122 valence electrons. The van der Waals surface area contributed by atoms with Crippen LogP contribution in [-0.4, -0.2) is 11.8 Å². The number of nitriles is 1. The summed E-state index contributed by atoms with van der Waals surface area (Å²) in [6.07, 6.45) is 8.08. The lowest BCUT2D eigenvalue weighted by Crippen LogP contribution is -2.32. The average molecular weight is 338 g/mol. The highest BCUT2D eigenvalue weighted by molar-refractivity contribution is 7.17. The van der Waals surface area contributed by atoms with E-state index in [2.05, 4.69) is 25.1 Å². The van der Waals surface area contributed by atoms with E-state index in [0.717, 1.165) is 31.2 Å². The molecule has 0 radical (unpaired) electrons. The number of rotatable bonds is 1. The molecule has 2 fully saturated rings. The number of fused-ring (bicyclic) bond motifs is 6. The summed E-state index contributed by atoms with van der Waals surface area (Å²) in [5.41, 5.74) is 1.65. The van der Waals surface area contributed by atoms with Gasteiger partial charge in [-0.25, -0.2) is 4.90 Å². The smallest absolute Gasteiger partial charge is 0.238 e. The molecule has 0 N–H and O–H groups in total. The molecule has 0 spiro atoms. The first-order chi connectivity index (χ1) is 11.6. The molecule has 0 aromatic carbocycles. The lowest BCUT2D eigenvalue weighted by atomic mass is 9.85. The monoisotopic (exact) mass is 338 g/mol. The largest absolute Gasteiger partial charge is 0.274 e. The van der Waals surface area contributed by atoms with E-state index in [-0.39, 0.29) is 35.5 Å². The molecule has 1 aliphatic heterocycles. The van der Waals surface area contributed by atoms with Gasteiger partial charge >= 0.3 is 0 Å². The molecule has 4 aliphatic rings. The van der Waals surface area contributed by atoms with Gasteiger partial charge in [0.25, 0.3) is 0 Å². The Morgan fingerprint density at radius 1 is 1.21 bits per heavy atom. The van der Waals surface area contributed by atoms with E-state index >= 15 is 0 Å². The Morgan fingerprint density at radius 3 is 2.50 bits per heavy atom. The molecular weight excluding hydrogens is 320 g/mol. The van der Waals surface area contributed by atoms with Gasteiger partial charge in [-0.2, -0.15) is 5.26 Å². The van der Waals surface area contributed by atoms with Gasteiger partial charge in [0, 0.05) is 4.88 Å². The van der Waals surface area contributed by atoms with Crippen molar-refractivity contribution >= 4 is 28.2 Å². The van der Waals surface area contributed by atoms with E-state index < -0.39 is 0 Å². The van der Waals surface area contributed by atoms with E-state index in [9.17, 15) is 14.9 Å². The zero-order chi connectivity index (χ0) is 16.6. The summed E-state index contributed by atoms with van der Waals surface area (Å²) in [6, 6.07) is 2.29. The van der Waals surface area contributed by atoms with Crippen LogP contribution in [0.1, 0.15) is 35.8 Å². The molecule has 0 unspecified atom stereocenters. The van der Waals surface area contributed by atoms with Gasteiger partial charge in [-0.1, -0.05) is 19.1 Å². The van der Waals surface area contributed by atoms with Gasteiger partial charge in [0.15, 0.2) is 0 Å². The maximum atomic E-state index is 13.0. The van der Waals surface area contributed by atoms with Gasteiger partial charge < -0.3 is 0 Å². The predicted molar refractivity (Wildman–Crippen MR) is 90.4 cm³/mol. The second-order valence-electron chi connectivity index (χ2n) is 7.66. The molecule has 2 bridgehead atoms. The first-order valence-corrected chi connectivity index (χ1v) is 9.52. The van der Waals surface area contributed by atoms with Crippen LogP contribution in [0.2, 0.25) is 0 Å². The van der Waals surface area contributed by atoms with Gasteiger partial charge in [0.1, 0.15) is 11.1 Å². The number of carbonyl (C=O) groups is 2. The number of carbonyl (C=O) groups excluding carboxylic acids is 2. The van der Waals surface area contributed by atoms with E-state index in [1.165, 1.54) is 21.1 Å². The zero-order valence-corrected chi connectivity index (χ0v) is 14.3.